The van der Waals surface area contributed by atoms with Crippen LogP contribution < -0.4 is 34.5 Å². The van der Waals surface area contributed by atoms with Gasteiger partial charge in [0, 0.05) is 0 Å². The van der Waals surface area contributed by atoms with Crippen molar-refractivity contribution < 1.29 is 58.3 Å². The minimum Gasteiger partial charge on any atom is -0.756 e. The molecule has 0 unspecified atom stereocenters. The van der Waals surface area contributed by atoms with Gasteiger partial charge in [-0.2, -0.15) is 0 Å². The van der Waals surface area contributed by atoms with Crippen LogP contribution in [0, 0.1) is 0 Å². The van der Waals surface area contributed by atoms with Crippen LogP contribution in [0.25, 0.3) is 0 Å². The minimum absolute atomic E-state index is 0. The normalized spacial score (nSPS) is 11.0. The molecule has 0 saturated carbocycles. The molecule has 0 atom stereocenters. The second-order valence-electron chi connectivity index (χ2n) is 4.95. The smallest absolute Gasteiger partial charge is 0.756 e. The molecule has 0 aromatic heterocycles. The zero-order valence-electron chi connectivity index (χ0n) is 13.4. The van der Waals surface area contributed by atoms with E-state index in [1.54, 1.807) is 24.3 Å². The molecule has 0 amide bonds. The summed E-state index contributed by atoms with van der Waals surface area (Å²) in [6.07, 6.45) is 0.793. The molecule has 2 aromatic carbocycles. The van der Waals surface area contributed by atoms with Crippen LogP contribution >= 0.6 is 7.82 Å². The molecule has 6 nitrogen and oxygen atoms in total. The van der Waals surface area contributed by atoms with Gasteiger partial charge in [-0.3, -0.25) is 4.57 Å². The number of hydrogen-bond donors (Lipinski definition) is 2. The van der Waals surface area contributed by atoms with Crippen molar-refractivity contribution >= 4 is 7.82 Å². The summed E-state index contributed by atoms with van der Waals surface area (Å²) < 4.78 is 21.2. The first-order valence-electron chi connectivity index (χ1n) is 7.10. The molecule has 2 aromatic rings. The molecule has 0 spiro atoms. The van der Waals surface area contributed by atoms with Gasteiger partial charge >= 0.3 is 29.6 Å². The third-order valence-corrected chi connectivity index (χ3v) is 4.15. The summed E-state index contributed by atoms with van der Waals surface area (Å²) in [6.45, 7) is -0.0461. The van der Waals surface area contributed by atoms with Gasteiger partial charge in [-0.15, -0.1) is 0 Å². The van der Waals surface area contributed by atoms with Crippen LogP contribution in [0.1, 0.15) is 11.1 Å². The fourth-order valence-electron chi connectivity index (χ4n) is 1.91. The van der Waals surface area contributed by atoms with E-state index in [-0.39, 0.29) is 54.3 Å². The van der Waals surface area contributed by atoms with Gasteiger partial charge in [0.1, 0.15) is 11.5 Å². The first-order chi connectivity index (χ1) is 10.9. The Hall–Kier alpha value is -0.850. The fraction of sp³-hybridized carbons (Fsp3) is 0.250. The number of phenolic OH excluding ortho intramolecular Hbond substituents is 2. The quantitative estimate of drug-likeness (QED) is 0.481. The maximum atomic E-state index is 11.6. The zero-order chi connectivity index (χ0) is 16.7. The third-order valence-electron chi connectivity index (χ3n) is 3.15. The van der Waals surface area contributed by atoms with Gasteiger partial charge in [0.2, 0.25) is 0 Å². The molecule has 8 heteroatoms. The van der Waals surface area contributed by atoms with Crippen molar-refractivity contribution in [1.82, 2.24) is 0 Å². The standard InChI is InChI=1S/C16H19O6P.Na/c17-15-5-1-13(2-6-15)9-11-21-23(19,20)22-12-10-14-3-7-16(18)8-4-14;/h1-8,17-18H,9-12H2,(H,19,20);/q;+1/p-1. The summed E-state index contributed by atoms with van der Waals surface area (Å²) in [4.78, 5) is 11.6. The molecule has 124 valence electrons. The molecular formula is C16H18NaO6P. The first-order valence-corrected chi connectivity index (χ1v) is 8.57. The van der Waals surface area contributed by atoms with Crippen LogP contribution in [0.2, 0.25) is 0 Å². The largest absolute Gasteiger partial charge is 1.00 e. The van der Waals surface area contributed by atoms with Crippen molar-refractivity contribution in [2.24, 2.45) is 0 Å². The molecule has 0 radical (unpaired) electrons. The van der Waals surface area contributed by atoms with Gasteiger partial charge in [-0.1, -0.05) is 24.3 Å². The third kappa shape index (κ3) is 7.81. The first kappa shape index (κ1) is 21.2. The number of benzene rings is 2. The second kappa shape index (κ2) is 10.2. The van der Waals surface area contributed by atoms with Crippen LogP contribution in [0.5, 0.6) is 11.5 Å². The van der Waals surface area contributed by atoms with Gasteiger partial charge in [0.25, 0.3) is 7.82 Å². The van der Waals surface area contributed by atoms with Gasteiger partial charge in [0.15, 0.2) is 0 Å². The van der Waals surface area contributed by atoms with E-state index in [9.17, 15) is 9.46 Å². The molecule has 0 heterocycles. The number of phenols is 2. The minimum atomic E-state index is -4.33. The van der Waals surface area contributed by atoms with E-state index in [0.29, 0.717) is 12.8 Å². The van der Waals surface area contributed by atoms with Crippen molar-refractivity contribution in [3.63, 3.8) is 0 Å². The summed E-state index contributed by atoms with van der Waals surface area (Å²) >= 11 is 0. The SMILES string of the molecule is O=P([O-])(OCCc1ccc(O)cc1)OCCc1ccc(O)cc1.[Na+]. The molecule has 0 aliphatic carbocycles. The predicted molar refractivity (Wildman–Crippen MR) is 83.1 cm³/mol. The molecule has 0 saturated heterocycles. The summed E-state index contributed by atoms with van der Waals surface area (Å²) in [7, 11) is -4.33. The summed E-state index contributed by atoms with van der Waals surface area (Å²) in [5, 5.41) is 18.3. The number of rotatable bonds is 8. The van der Waals surface area contributed by atoms with Crippen molar-refractivity contribution in [2.45, 2.75) is 12.8 Å². The van der Waals surface area contributed by atoms with Crippen molar-refractivity contribution in [2.75, 3.05) is 13.2 Å². The van der Waals surface area contributed by atoms with E-state index in [4.69, 9.17) is 19.3 Å². The van der Waals surface area contributed by atoms with E-state index >= 15 is 0 Å². The monoisotopic (exact) mass is 360 g/mol. The van der Waals surface area contributed by atoms with Gasteiger partial charge in [-0.25, -0.2) is 0 Å². The number of hydrogen-bond acceptors (Lipinski definition) is 6. The molecule has 2 rings (SSSR count). The Labute approximate surface area is 163 Å². The van der Waals surface area contributed by atoms with E-state index < -0.39 is 7.82 Å². The second-order valence-corrected chi connectivity index (χ2v) is 6.36. The summed E-state index contributed by atoms with van der Waals surface area (Å²) in [5.74, 6) is 0.309. The molecule has 0 aliphatic rings. The number of aromatic hydroxyl groups is 2. The topological polar surface area (TPSA) is 99.1 Å². The van der Waals surface area contributed by atoms with Crippen LogP contribution in [0.3, 0.4) is 0 Å². The van der Waals surface area contributed by atoms with Gasteiger partial charge in [-0.05, 0) is 48.2 Å². The molecule has 0 fully saturated rings. The molecule has 2 N–H and O–H groups in total. The molecule has 24 heavy (non-hydrogen) atoms. The maximum absolute atomic E-state index is 11.6. The zero-order valence-corrected chi connectivity index (χ0v) is 16.3. The Morgan fingerprint density at radius 3 is 1.46 bits per heavy atom. The van der Waals surface area contributed by atoms with Crippen LogP contribution in [-0.4, -0.2) is 23.4 Å². The average Bonchev–Trinajstić information content (AvgIpc) is 2.51. The van der Waals surface area contributed by atoms with Crippen LogP contribution in [-0.2, 0) is 26.5 Å². The fourth-order valence-corrected chi connectivity index (χ4v) is 2.62. The average molecular weight is 360 g/mol. The Bertz CT molecular complexity index is 604. The molecular weight excluding hydrogens is 342 g/mol. The Morgan fingerprint density at radius 2 is 1.12 bits per heavy atom. The van der Waals surface area contributed by atoms with E-state index in [2.05, 4.69) is 0 Å². The summed E-state index contributed by atoms with van der Waals surface area (Å²) in [6, 6.07) is 12.9. The Kier molecular flexibility index (Phi) is 9.02. The number of phosphoric ester groups is 1. The van der Waals surface area contributed by atoms with Crippen LogP contribution in [0.15, 0.2) is 48.5 Å². The predicted octanol–water partition coefficient (Wildman–Crippen LogP) is -0.611. The Morgan fingerprint density at radius 1 is 0.792 bits per heavy atom. The Balaban J connectivity index is 0.00000288. The summed E-state index contributed by atoms with van der Waals surface area (Å²) in [5.41, 5.74) is 1.71. The van der Waals surface area contributed by atoms with Crippen molar-refractivity contribution in [3.8, 4) is 11.5 Å². The van der Waals surface area contributed by atoms with E-state index in [0.717, 1.165) is 11.1 Å². The van der Waals surface area contributed by atoms with E-state index in [1.165, 1.54) is 24.3 Å². The van der Waals surface area contributed by atoms with E-state index in [1.807, 2.05) is 0 Å². The maximum Gasteiger partial charge on any atom is 1.00 e. The van der Waals surface area contributed by atoms with Gasteiger partial charge in [0.05, 0.1) is 13.2 Å². The van der Waals surface area contributed by atoms with Crippen molar-refractivity contribution in [1.29, 1.82) is 0 Å². The number of phosphoric acid groups is 1. The van der Waals surface area contributed by atoms with Gasteiger partial charge < -0.3 is 24.2 Å². The van der Waals surface area contributed by atoms with Crippen LogP contribution in [0.4, 0.5) is 0 Å². The molecule has 0 bridgehead atoms. The molecule has 0 aliphatic heterocycles. The van der Waals surface area contributed by atoms with Crippen molar-refractivity contribution in [3.05, 3.63) is 59.7 Å².